The first-order chi connectivity index (χ1) is 12.3. The van der Waals surface area contributed by atoms with Gasteiger partial charge in [-0.05, 0) is 32.0 Å². The van der Waals surface area contributed by atoms with E-state index in [1.54, 1.807) is 12.1 Å². The van der Waals surface area contributed by atoms with Gasteiger partial charge in [0.2, 0.25) is 0 Å². The van der Waals surface area contributed by atoms with Crippen LogP contribution in [0.5, 0.6) is 0 Å². The number of nitrogens with one attached hydrogen (secondary N) is 1. The first-order valence-electron chi connectivity index (χ1n) is 8.21. The van der Waals surface area contributed by atoms with Gasteiger partial charge in [-0.2, -0.15) is 0 Å². The number of anilines is 1. The molecule has 2 aromatic carbocycles. The second kappa shape index (κ2) is 8.89. The zero-order valence-corrected chi connectivity index (χ0v) is 14.6. The fourth-order valence-corrected chi connectivity index (χ4v) is 2.22. The Morgan fingerprint density at radius 1 is 1.08 bits per heavy atom. The van der Waals surface area contributed by atoms with Gasteiger partial charge in [0.05, 0.1) is 6.42 Å². The summed E-state index contributed by atoms with van der Waals surface area (Å²) in [5, 5.41) is 2.46. The van der Waals surface area contributed by atoms with Gasteiger partial charge in [0, 0.05) is 17.7 Å². The van der Waals surface area contributed by atoms with E-state index in [1.807, 2.05) is 19.1 Å². The van der Waals surface area contributed by atoms with E-state index in [-0.39, 0.29) is 24.3 Å². The van der Waals surface area contributed by atoms with Gasteiger partial charge >= 0.3 is 5.97 Å². The summed E-state index contributed by atoms with van der Waals surface area (Å²) in [6.07, 6.45) is -1.18. The van der Waals surface area contributed by atoms with Crippen molar-refractivity contribution in [2.45, 2.75) is 32.8 Å². The monoisotopic (exact) mass is 357 g/mol. The predicted molar refractivity (Wildman–Crippen MR) is 95.3 cm³/mol. The molecule has 0 unspecified atom stereocenters. The van der Waals surface area contributed by atoms with E-state index in [4.69, 9.17) is 4.74 Å². The minimum atomic E-state index is -1.06. The van der Waals surface area contributed by atoms with Crippen LogP contribution in [-0.4, -0.2) is 23.8 Å². The zero-order chi connectivity index (χ0) is 19.1. The van der Waals surface area contributed by atoms with E-state index >= 15 is 0 Å². The molecule has 0 aromatic heterocycles. The number of benzene rings is 2. The Balaban J connectivity index is 1.80. The van der Waals surface area contributed by atoms with Crippen molar-refractivity contribution in [3.8, 4) is 0 Å². The van der Waals surface area contributed by atoms with Gasteiger partial charge in [-0.15, -0.1) is 0 Å². The molecule has 0 aliphatic heterocycles. The van der Waals surface area contributed by atoms with Gasteiger partial charge in [0.25, 0.3) is 5.91 Å². The summed E-state index contributed by atoms with van der Waals surface area (Å²) >= 11 is 0. The third kappa shape index (κ3) is 5.81. The Morgan fingerprint density at radius 3 is 2.42 bits per heavy atom. The molecule has 136 valence electrons. The minimum absolute atomic E-state index is 0.000129. The normalized spacial score (nSPS) is 11.5. The summed E-state index contributed by atoms with van der Waals surface area (Å²) in [4.78, 5) is 35.8. The maximum absolute atomic E-state index is 13.1. The van der Waals surface area contributed by atoms with Crippen LogP contribution in [-0.2, 0) is 14.3 Å². The van der Waals surface area contributed by atoms with Crippen LogP contribution in [0.2, 0.25) is 0 Å². The molecular weight excluding hydrogens is 337 g/mol. The van der Waals surface area contributed by atoms with Crippen molar-refractivity contribution in [1.29, 1.82) is 0 Å². The number of ketones is 1. The second-order valence-electron chi connectivity index (χ2n) is 5.92. The van der Waals surface area contributed by atoms with Crippen LogP contribution >= 0.6 is 0 Å². The van der Waals surface area contributed by atoms with Crippen LogP contribution in [0.25, 0.3) is 0 Å². The molecule has 2 rings (SSSR count). The number of hydrogen-bond acceptors (Lipinski definition) is 4. The molecule has 0 aliphatic carbocycles. The first-order valence-corrected chi connectivity index (χ1v) is 8.21. The second-order valence-corrected chi connectivity index (χ2v) is 5.92. The zero-order valence-electron chi connectivity index (χ0n) is 14.6. The average molecular weight is 357 g/mol. The Morgan fingerprint density at radius 2 is 1.77 bits per heavy atom. The van der Waals surface area contributed by atoms with Crippen molar-refractivity contribution in [3.05, 3.63) is 65.5 Å². The fraction of sp³-hybridized carbons (Fsp3) is 0.250. The van der Waals surface area contributed by atoms with Gasteiger partial charge < -0.3 is 10.1 Å². The molecular formula is C20H20FNO4. The number of hydrogen-bond donors (Lipinski definition) is 1. The maximum atomic E-state index is 13.1. The molecule has 0 radical (unpaired) electrons. The number of carbonyl (C=O) groups is 3. The van der Waals surface area contributed by atoms with E-state index in [1.165, 1.54) is 25.1 Å². The third-order valence-corrected chi connectivity index (χ3v) is 3.70. The number of aryl methyl sites for hydroxylation is 1. The predicted octanol–water partition coefficient (Wildman–Crippen LogP) is 3.67. The lowest BCUT2D eigenvalue weighted by molar-refractivity contribution is -0.153. The molecule has 0 bridgehead atoms. The highest BCUT2D eigenvalue weighted by atomic mass is 19.1. The van der Waals surface area contributed by atoms with Crippen molar-refractivity contribution < 1.29 is 23.5 Å². The summed E-state index contributed by atoms with van der Waals surface area (Å²) in [6, 6.07) is 12.5. The quantitative estimate of drug-likeness (QED) is 0.606. The summed E-state index contributed by atoms with van der Waals surface area (Å²) in [7, 11) is 0. The summed E-state index contributed by atoms with van der Waals surface area (Å²) in [5.41, 5.74) is 1.84. The van der Waals surface area contributed by atoms with E-state index in [9.17, 15) is 18.8 Å². The number of halogens is 1. The molecule has 26 heavy (non-hydrogen) atoms. The number of ether oxygens (including phenoxy) is 1. The lowest BCUT2D eigenvalue weighted by atomic mass is 10.1. The van der Waals surface area contributed by atoms with E-state index in [2.05, 4.69) is 5.32 Å². The van der Waals surface area contributed by atoms with E-state index in [0.717, 1.165) is 11.6 Å². The number of carbonyl (C=O) groups excluding carboxylic acids is 3. The molecule has 1 atom stereocenters. The van der Waals surface area contributed by atoms with Gasteiger partial charge in [-0.1, -0.05) is 35.9 Å². The number of Topliss-reactive ketones (excluding diaryl/α,β-unsaturated/α-hetero) is 1. The van der Waals surface area contributed by atoms with Crippen LogP contribution in [0.4, 0.5) is 10.1 Å². The summed E-state index contributed by atoms with van der Waals surface area (Å²) in [6.45, 7) is 3.33. The van der Waals surface area contributed by atoms with Crippen molar-refractivity contribution in [2.24, 2.45) is 0 Å². The number of amides is 1. The minimum Gasteiger partial charge on any atom is -0.453 e. The standard InChI is InChI=1S/C20H20FNO4/c1-13-6-8-15(9-7-13)18(23)10-11-19(24)26-14(2)20(25)22-17-5-3-4-16(21)12-17/h3-9,12,14H,10-11H2,1-2H3,(H,22,25)/t14-/m0/s1. The van der Waals surface area contributed by atoms with Gasteiger partial charge in [0.1, 0.15) is 5.82 Å². The lowest BCUT2D eigenvalue weighted by Gasteiger charge is -2.13. The van der Waals surface area contributed by atoms with Crippen molar-refractivity contribution in [2.75, 3.05) is 5.32 Å². The number of esters is 1. The molecule has 0 saturated carbocycles. The Bertz CT molecular complexity index is 802. The molecule has 0 aliphatic rings. The largest absolute Gasteiger partial charge is 0.453 e. The van der Waals surface area contributed by atoms with Crippen molar-refractivity contribution in [1.82, 2.24) is 0 Å². The Labute approximate surface area is 151 Å². The smallest absolute Gasteiger partial charge is 0.307 e. The molecule has 0 saturated heterocycles. The molecule has 0 spiro atoms. The van der Waals surface area contributed by atoms with Crippen LogP contribution < -0.4 is 5.32 Å². The summed E-state index contributed by atoms with van der Waals surface area (Å²) in [5.74, 6) is -1.87. The van der Waals surface area contributed by atoms with Crippen LogP contribution in [0, 0.1) is 12.7 Å². The first kappa shape index (κ1) is 19.3. The summed E-state index contributed by atoms with van der Waals surface area (Å²) < 4.78 is 18.1. The highest BCUT2D eigenvalue weighted by Gasteiger charge is 2.19. The molecule has 6 heteroatoms. The molecule has 0 heterocycles. The average Bonchev–Trinajstić information content (AvgIpc) is 2.60. The molecule has 2 aromatic rings. The Kier molecular flexibility index (Phi) is 6.60. The molecule has 1 N–H and O–H groups in total. The third-order valence-electron chi connectivity index (χ3n) is 3.70. The molecule has 0 fully saturated rings. The van der Waals surface area contributed by atoms with Gasteiger partial charge in [-0.25, -0.2) is 4.39 Å². The molecule has 5 nitrogen and oxygen atoms in total. The highest BCUT2D eigenvalue weighted by molar-refractivity contribution is 5.98. The molecule has 1 amide bonds. The fourth-order valence-electron chi connectivity index (χ4n) is 2.22. The van der Waals surface area contributed by atoms with E-state index < -0.39 is 23.8 Å². The lowest BCUT2D eigenvalue weighted by Crippen LogP contribution is -2.30. The number of rotatable bonds is 7. The highest BCUT2D eigenvalue weighted by Crippen LogP contribution is 2.11. The maximum Gasteiger partial charge on any atom is 0.307 e. The Hall–Kier alpha value is -3.02. The van der Waals surface area contributed by atoms with Crippen LogP contribution in [0.15, 0.2) is 48.5 Å². The SMILES string of the molecule is Cc1ccc(C(=O)CCC(=O)O[C@@H](C)C(=O)Nc2cccc(F)c2)cc1. The van der Waals surface area contributed by atoms with E-state index in [0.29, 0.717) is 5.56 Å². The topological polar surface area (TPSA) is 72.5 Å². The van der Waals surface area contributed by atoms with Gasteiger partial charge in [-0.3, -0.25) is 14.4 Å². The van der Waals surface area contributed by atoms with Crippen LogP contribution in [0.1, 0.15) is 35.7 Å². The van der Waals surface area contributed by atoms with Gasteiger partial charge in [0.15, 0.2) is 11.9 Å². The van der Waals surface area contributed by atoms with Crippen LogP contribution in [0.3, 0.4) is 0 Å². The van der Waals surface area contributed by atoms with Crippen molar-refractivity contribution in [3.63, 3.8) is 0 Å². The van der Waals surface area contributed by atoms with Crippen molar-refractivity contribution >= 4 is 23.3 Å².